The molecule has 0 saturated heterocycles. The first-order valence-corrected chi connectivity index (χ1v) is 14.9. The van der Waals surface area contributed by atoms with Gasteiger partial charge in [0.15, 0.2) is 0 Å². The maximum absolute atomic E-state index is 9.74. The van der Waals surface area contributed by atoms with Gasteiger partial charge in [0.2, 0.25) is 0 Å². The largest absolute Gasteiger partial charge is 0.455 e. The molecule has 10 aromatic rings. The zero-order valence-electron chi connectivity index (χ0n) is 40.3. The molecular weight excluding hydrogens is 569 g/mol. The molecule has 0 N–H and O–H groups in total. The van der Waals surface area contributed by atoms with Crippen LogP contribution in [0, 0.1) is 0 Å². The first-order chi connectivity index (χ1) is 30.0. The van der Waals surface area contributed by atoms with E-state index in [-0.39, 0.29) is 78.8 Å². The van der Waals surface area contributed by atoms with Gasteiger partial charge in [-0.1, -0.05) is 145 Å². The second-order valence-corrected chi connectivity index (χ2v) is 11.2. The predicted molar refractivity (Wildman–Crippen MR) is 200 cm³/mol. The fourth-order valence-corrected chi connectivity index (χ4v) is 6.47. The lowest BCUT2D eigenvalue weighted by Crippen LogP contribution is -1.91. The van der Waals surface area contributed by atoms with Gasteiger partial charge in [0.1, 0.15) is 11.2 Å². The molecule has 0 aliphatic rings. The molecule has 47 heavy (non-hydrogen) atoms. The van der Waals surface area contributed by atoms with Crippen molar-refractivity contribution in [2.24, 2.45) is 0 Å². The standard InChI is InChI=1S/C46H28O/c1-2-11-33-27-34(22-19-29(33)9-1)30-17-20-32(21-18-30)44-37-13-5-7-15-39(37)45(40-16-8-6-14-38(40)44)35-24-26-43-42(28-35)41-25-23-31-10-3-4-12-36(31)46(41)47-43/h1-28H/i1D,2D,3D,4D,9D,10D,11D,12D,19D,22D,23D,24D,25D,26D,27D,28D. The average Bonchev–Trinajstić information content (AvgIpc) is 3.69. The molecule has 0 aliphatic heterocycles. The zero-order valence-corrected chi connectivity index (χ0v) is 24.3. The van der Waals surface area contributed by atoms with Gasteiger partial charge in [-0.3, -0.25) is 0 Å². The SMILES string of the molecule is [2H]c1c(-c2c3ccccc3c(-c3ccc(-c4c([2H])c([2H])c5c([2H])c([2H])c([2H])c([2H])c5c4[2H])cc3)c3ccccc23)c([2H])c2c(oc3c4c([2H])c([2H])c([2H])c([2H])c4c([2H])c([2H])c32)c1[2H]. The van der Waals surface area contributed by atoms with Crippen molar-refractivity contribution in [2.45, 2.75) is 0 Å². The summed E-state index contributed by atoms with van der Waals surface area (Å²) in [7, 11) is 0. The van der Waals surface area contributed by atoms with Crippen molar-refractivity contribution < 1.29 is 26.3 Å². The Hall–Kier alpha value is -6.18. The predicted octanol–water partition coefficient (Wildman–Crippen LogP) is 13.2. The molecule has 9 aromatic carbocycles. The van der Waals surface area contributed by atoms with Crippen LogP contribution in [0.15, 0.2) is 174 Å². The molecule has 218 valence electrons. The molecule has 0 spiro atoms. The van der Waals surface area contributed by atoms with Gasteiger partial charge in [-0.2, -0.15) is 0 Å². The summed E-state index contributed by atoms with van der Waals surface area (Å²) in [5.41, 5.74) is 1.98. The molecule has 1 aromatic heterocycles. The number of fused-ring (bicyclic) bond motifs is 8. The fraction of sp³-hybridized carbons (Fsp3) is 0. The van der Waals surface area contributed by atoms with Crippen molar-refractivity contribution in [3.05, 3.63) is 169 Å². The van der Waals surface area contributed by atoms with Crippen molar-refractivity contribution >= 4 is 65.0 Å². The number of rotatable bonds is 3. The zero-order chi connectivity index (χ0) is 44.8. The van der Waals surface area contributed by atoms with E-state index in [1.54, 1.807) is 36.4 Å². The van der Waals surface area contributed by atoms with Crippen molar-refractivity contribution in [3.63, 3.8) is 0 Å². The highest BCUT2D eigenvalue weighted by Crippen LogP contribution is 2.45. The van der Waals surface area contributed by atoms with Crippen LogP contribution >= 0.6 is 0 Å². The first-order valence-electron chi connectivity index (χ1n) is 22.9. The fourth-order valence-electron chi connectivity index (χ4n) is 6.47. The molecule has 0 bridgehead atoms. The first kappa shape index (κ1) is 14.9. The van der Waals surface area contributed by atoms with Gasteiger partial charge in [0, 0.05) is 16.2 Å². The summed E-state index contributed by atoms with van der Waals surface area (Å²) in [6.07, 6.45) is 0. The Morgan fingerprint density at radius 1 is 0.362 bits per heavy atom. The Balaban J connectivity index is 1.24. The smallest absolute Gasteiger partial charge is 0.143 e. The Morgan fingerprint density at radius 2 is 0.936 bits per heavy atom. The van der Waals surface area contributed by atoms with Crippen molar-refractivity contribution in [3.8, 4) is 33.4 Å². The van der Waals surface area contributed by atoms with Gasteiger partial charge in [-0.25, -0.2) is 0 Å². The molecule has 1 heterocycles. The van der Waals surface area contributed by atoms with Crippen molar-refractivity contribution in [2.75, 3.05) is 0 Å². The summed E-state index contributed by atoms with van der Waals surface area (Å²) in [6.45, 7) is 0. The van der Waals surface area contributed by atoms with E-state index in [4.69, 9.17) is 22.2 Å². The quantitative estimate of drug-likeness (QED) is 0.181. The van der Waals surface area contributed by atoms with Crippen molar-refractivity contribution in [1.82, 2.24) is 0 Å². The van der Waals surface area contributed by atoms with Crippen LogP contribution in [0.1, 0.15) is 21.9 Å². The Kier molecular flexibility index (Phi) is 3.23. The van der Waals surface area contributed by atoms with E-state index in [1.165, 1.54) is 0 Å². The van der Waals surface area contributed by atoms with Crippen LogP contribution in [0.25, 0.3) is 98.4 Å². The van der Waals surface area contributed by atoms with Crippen LogP contribution in [0.4, 0.5) is 0 Å². The van der Waals surface area contributed by atoms with Gasteiger partial charge in [-0.05, 0) is 95.3 Å². The number of furan rings is 1. The van der Waals surface area contributed by atoms with Crippen LogP contribution < -0.4 is 0 Å². The second kappa shape index (κ2) is 10.2. The lowest BCUT2D eigenvalue weighted by atomic mass is 9.85. The van der Waals surface area contributed by atoms with Gasteiger partial charge in [0.25, 0.3) is 0 Å². The van der Waals surface area contributed by atoms with Gasteiger partial charge >= 0.3 is 0 Å². The number of hydrogen-bond acceptors (Lipinski definition) is 1. The molecular formula is C46H28O. The van der Waals surface area contributed by atoms with Crippen LogP contribution in [0.2, 0.25) is 0 Å². The van der Waals surface area contributed by atoms with Crippen molar-refractivity contribution in [1.29, 1.82) is 0 Å². The van der Waals surface area contributed by atoms with E-state index >= 15 is 0 Å². The third kappa shape index (κ3) is 4.03. The number of hydrogen-bond donors (Lipinski definition) is 0. The van der Waals surface area contributed by atoms with E-state index in [1.807, 2.05) is 36.4 Å². The molecule has 0 saturated carbocycles. The van der Waals surface area contributed by atoms with Crippen LogP contribution in [0.3, 0.4) is 0 Å². The highest BCUT2D eigenvalue weighted by atomic mass is 16.3. The van der Waals surface area contributed by atoms with Gasteiger partial charge in [0.05, 0.1) is 21.9 Å². The highest BCUT2D eigenvalue weighted by Gasteiger charge is 2.18. The normalized spacial score (nSPS) is 16.6. The highest BCUT2D eigenvalue weighted by molar-refractivity contribution is 6.22. The third-order valence-electron chi connectivity index (χ3n) is 8.58. The summed E-state index contributed by atoms with van der Waals surface area (Å²) in [6, 6.07) is 14.4. The number of benzene rings is 9. The molecule has 0 aliphatic carbocycles. The molecule has 0 amide bonds. The minimum absolute atomic E-state index is 0.0372. The molecule has 1 nitrogen and oxygen atoms in total. The average molecular weight is 613 g/mol. The molecule has 0 unspecified atom stereocenters. The molecule has 0 atom stereocenters. The monoisotopic (exact) mass is 612 g/mol. The molecule has 10 rings (SSSR count). The van der Waals surface area contributed by atoms with Gasteiger partial charge < -0.3 is 4.42 Å². The third-order valence-corrected chi connectivity index (χ3v) is 8.58. The summed E-state index contributed by atoms with van der Waals surface area (Å²) < 4.78 is 146. The minimum Gasteiger partial charge on any atom is -0.455 e. The van der Waals surface area contributed by atoms with E-state index in [2.05, 4.69) is 0 Å². The van der Waals surface area contributed by atoms with Gasteiger partial charge in [-0.15, -0.1) is 0 Å². The maximum atomic E-state index is 9.74. The lowest BCUT2D eigenvalue weighted by molar-refractivity contribution is 0.672. The Bertz CT molecular complexity index is 3690. The van der Waals surface area contributed by atoms with E-state index in [9.17, 15) is 4.11 Å². The summed E-state index contributed by atoms with van der Waals surface area (Å²) in [4.78, 5) is 0. The Morgan fingerprint density at radius 3 is 1.66 bits per heavy atom. The second-order valence-electron chi connectivity index (χ2n) is 11.2. The summed E-state index contributed by atoms with van der Waals surface area (Å²) >= 11 is 0. The summed E-state index contributed by atoms with van der Waals surface area (Å²) in [5, 5.41) is 1.80. The molecule has 1 heteroatoms. The summed E-state index contributed by atoms with van der Waals surface area (Å²) in [5.74, 6) is 0. The van der Waals surface area contributed by atoms with Crippen LogP contribution in [0.5, 0.6) is 0 Å². The molecule has 0 fully saturated rings. The van der Waals surface area contributed by atoms with Crippen LogP contribution in [-0.2, 0) is 0 Å². The maximum Gasteiger partial charge on any atom is 0.143 e. The Labute approximate surface area is 294 Å². The van der Waals surface area contributed by atoms with Crippen LogP contribution in [-0.4, -0.2) is 0 Å². The lowest BCUT2D eigenvalue weighted by Gasteiger charge is -2.18. The minimum atomic E-state index is -0.579. The topological polar surface area (TPSA) is 13.1 Å². The van der Waals surface area contributed by atoms with E-state index in [0.29, 0.717) is 38.2 Å². The van der Waals surface area contributed by atoms with E-state index < -0.39 is 72.5 Å². The molecule has 0 radical (unpaired) electrons. The van der Waals surface area contributed by atoms with E-state index in [0.717, 1.165) is 5.56 Å².